The maximum atomic E-state index is 12.9. The fourth-order valence-electron chi connectivity index (χ4n) is 2.46. The first kappa shape index (κ1) is 13.6. The van der Waals surface area contributed by atoms with Gasteiger partial charge in [0, 0.05) is 5.54 Å². The summed E-state index contributed by atoms with van der Waals surface area (Å²) in [5.41, 5.74) is 6.22. The van der Waals surface area contributed by atoms with Crippen LogP contribution in [0.25, 0.3) is 0 Å². The number of hydrogen-bond acceptors (Lipinski definition) is 2. The van der Waals surface area contributed by atoms with Gasteiger partial charge >= 0.3 is 0 Å². The molecule has 0 saturated heterocycles. The van der Waals surface area contributed by atoms with Gasteiger partial charge in [-0.25, -0.2) is 4.39 Å². The monoisotopic (exact) mass is 271 g/mol. The van der Waals surface area contributed by atoms with Gasteiger partial charge in [-0.15, -0.1) is 0 Å². The van der Waals surface area contributed by atoms with E-state index in [0.717, 1.165) is 19.3 Å². The molecular formula is C14H19ClFNO. The second kappa shape index (κ2) is 5.89. The van der Waals surface area contributed by atoms with Crippen molar-refractivity contribution in [2.75, 3.05) is 6.61 Å². The van der Waals surface area contributed by atoms with Crippen LogP contribution in [0.15, 0.2) is 18.2 Å². The molecule has 1 aromatic carbocycles. The van der Waals surface area contributed by atoms with Crippen molar-refractivity contribution < 1.29 is 9.13 Å². The first-order valence-electron chi connectivity index (χ1n) is 6.46. The Balaban J connectivity index is 1.84. The average Bonchev–Trinajstić information content (AvgIpc) is 2.33. The number of ether oxygens (including phenoxy) is 1. The minimum atomic E-state index is -0.352. The van der Waals surface area contributed by atoms with Crippen LogP contribution < -0.4 is 10.5 Å². The van der Waals surface area contributed by atoms with Crippen LogP contribution in [0.3, 0.4) is 0 Å². The van der Waals surface area contributed by atoms with Crippen molar-refractivity contribution in [1.82, 2.24) is 0 Å². The molecule has 0 amide bonds. The standard InChI is InChI=1S/C14H19ClFNO/c15-12-10-11(16)4-5-13(12)18-9-8-14(17)6-2-1-3-7-14/h4-5,10H,1-3,6-9,17H2. The Hall–Kier alpha value is -0.800. The smallest absolute Gasteiger partial charge is 0.138 e. The van der Waals surface area contributed by atoms with Gasteiger partial charge in [0.15, 0.2) is 0 Å². The minimum Gasteiger partial charge on any atom is -0.492 e. The van der Waals surface area contributed by atoms with Crippen molar-refractivity contribution in [2.24, 2.45) is 5.73 Å². The quantitative estimate of drug-likeness (QED) is 0.901. The first-order valence-corrected chi connectivity index (χ1v) is 6.84. The fraction of sp³-hybridized carbons (Fsp3) is 0.571. The summed E-state index contributed by atoms with van der Waals surface area (Å²) in [6, 6.07) is 4.16. The maximum Gasteiger partial charge on any atom is 0.138 e. The zero-order valence-corrected chi connectivity index (χ0v) is 11.2. The summed E-state index contributed by atoms with van der Waals surface area (Å²) in [7, 11) is 0. The predicted octanol–water partition coefficient (Wildman–Crippen LogP) is 3.91. The third-order valence-corrected chi connectivity index (χ3v) is 3.90. The maximum absolute atomic E-state index is 12.9. The van der Waals surface area contributed by atoms with Crippen molar-refractivity contribution in [3.05, 3.63) is 29.0 Å². The number of halogens is 2. The summed E-state index contributed by atoms with van der Waals surface area (Å²) in [5.74, 6) is 0.174. The molecule has 1 aromatic rings. The lowest BCUT2D eigenvalue weighted by Crippen LogP contribution is -2.42. The number of benzene rings is 1. The molecular weight excluding hydrogens is 253 g/mol. The SMILES string of the molecule is NC1(CCOc2ccc(F)cc2Cl)CCCCC1. The van der Waals surface area contributed by atoms with Crippen molar-refractivity contribution in [3.63, 3.8) is 0 Å². The van der Waals surface area contributed by atoms with E-state index in [1.54, 1.807) is 6.07 Å². The van der Waals surface area contributed by atoms with E-state index in [1.165, 1.54) is 31.4 Å². The van der Waals surface area contributed by atoms with E-state index < -0.39 is 0 Å². The van der Waals surface area contributed by atoms with Crippen LogP contribution in [0, 0.1) is 5.82 Å². The molecule has 2 N–H and O–H groups in total. The second-order valence-corrected chi connectivity index (χ2v) is 5.50. The molecule has 0 spiro atoms. The highest BCUT2D eigenvalue weighted by atomic mass is 35.5. The van der Waals surface area contributed by atoms with E-state index in [2.05, 4.69) is 0 Å². The summed E-state index contributed by atoms with van der Waals surface area (Å²) in [6.45, 7) is 0.530. The summed E-state index contributed by atoms with van der Waals surface area (Å²) in [6.07, 6.45) is 6.63. The molecule has 0 aliphatic heterocycles. The molecule has 18 heavy (non-hydrogen) atoms. The Bertz CT molecular complexity index is 405. The van der Waals surface area contributed by atoms with Crippen molar-refractivity contribution >= 4 is 11.6 Å². The third kappa shape index (κ3) is 3.59. The summed E-state index contributed by atoms with van der Waals surface area (Å²) in [4.78, 5) is 0. The minimum absolute atomic E-state index is 0.0925. The third-order valence-electron chi connectivity index (χ3n) is 3.60. The summed E-state index contributed by atoms with van der Waals surface area (Å²) >= 11 is 5.89. The van der Waals surface area contributed by atoms with E-state index in [9.17, 15) is 4.39 Å². The molecule has 0 aromatic heterocycles. The topological polar surface area (TPSA) is 35.2 Å². The molecule has 100 valence electrons. The van der Waals surface area contributed by atoms with Crippen LogP contribution in [0.5, 0.6) is 5.75 Å². The Morgan fingerprint density at radius 1 is 1.28 bits per heavy atom. The van der Waals surface area contributed by atoms with Gasteiger partial charge in [-0.05, 0) is 37.5 Å². The molecule has 0 bridgehead atoms. The number of rotatable bonds is 4. The highest BCUT2D eigenvalue weighted by Gasteiger charge is 2.27. The van der Waals surface area contributed by atoms with Crippen LogP contribution in [0.2, 0.25) is 5.02 Å². The van der Waals surface area contributed by atoms with Crippen LogP contribution in [0.4, 0.5) is 4.39 Å². The molecule has 1 aliphatic carbocycles. The van der Waals surface area contributed by atoms with Gasteiger partial charge in [-0.2, -0.15) is 0 Å². The summed E-state index contributed by atoms with van der Waals surface area (Å²) in [5, 5.41) is 0.310. The van der Waals surface area contributed by atoms with Crippen molar-refractivity contribution in [2.45, 2.75) is 44.1 Å². The highest BCUT2D eigenvalue weighted by Crippen LogP contribution is 2.30. The molecule has 1 fully saturated rings. The molecule has 2 rings (SSSR count). The average molecular weight is 272 g/mol. The summed E-state index contributed by atoms with van der Waals surface area (Å²) < 4.78 is 18.4. The first-order chi connectivity index (χ1) is 8.59. The van der Waals surface area contributed by atoms with Gasteiger partial charge < -0.3 is 10.5 Å². The van der Waals surface area contributed by atoms with E-state index in [-0.39, 0.29) is 11.4 Å². The molecule has 4 heteroatoms. The molecule has 0 unspecified atom stereocenters. The molecule has 0 atom stereocenters. The van der Waals surface area contributed by atoms with Gasteiger partial charge in [-0.3, -0.25) is 0 Å². The Labute approximate surface area is 112 Å². The fourth-order valence-corrected chi connectivity index (χ4v) is 2.68. The van der Waals surface area contributed by atoms with Crippen molar-refractivity contribution in [3.8, 4) is 5.75 Å². The lowest BCUT2D eigenvalue weighted by atomic mass is 9.80. The largest absolute Gasteiger partial charge is 0.492 e. The Morgan fingerprint density at radius 3 is 2.67 bits per heavy atom. The molecule has 1 saturated carbocycles. The molecule has 1 aliphatic rings. The zero-order chi connectivity index (χ0) is 13.0. The second-order valence-electron chi connectivity index (χ2n) is 5.10. The van der Waals surface area contributed by atoms with Crippen LogP contribution in [-0.2, 0) is 0 Å². The molecule has 0 heterocycles. The van der Waals surface area contributed by atoms with Gasteiger partial charge in [0.2, 0.25) is 0 Å². The van der Waals surface area contributed by atoms with E-state index in [0.29, 0.717) is 17.4 Å². The van der Waals surface area contributed by atoms with Gasteiger partial charge in [0.1, 0.15) is 11.6 Å². The number of nitrogens with two attached hydrogens (primary N) is 1. The molecule has 2 nitrogen and oxygen atoms in total. The lowest BCUT2D eigenvalue weighted by Gasteiger charge is -2.33. The Kier molecular flexibility index (Phi) is 4.46. The highest BCUT2D eigenvalue weighted by molar-refractivity contribution is 6.32. The van der Waals surface area contributed by atoms with E-state index >= 15 is 0 Å². The van der Waals surface area contributed by atoms with E-state index in [1.807, 2.05) is 0 Å². The lowest BCUT2D eigenvalue weighted by molar-refractivity contribution is 0.214. The zero-order valence-electron chi connectivity index (χ0n) is 10.4. The Morgan fingerprint density at radius 2 is 2.00 bits per heavy atom. The van der Waals surface area contributed by atoms with Gasteiger partial charge in [0.05, 0.1) is 11.6 Å². The molecule has 0 radical (unpaired) electrons. The van der Waals surface area contributed by atoms with Gasteiger partial charge in [-0.1, -0.05) is 30.9 Å². The van der Waals surface area contributed by atoms with Gasteiger partial charge in [0.25, 0.3) is 0 Å². The number of hydrogen-bond donors (Lipinski definition) is 1. The van der Waals surface area contributed by atoms with Crippen LogP contribution in [0.1, 0.15) is 38.5 Å². The van der Waals surface area contributed by atoms with E-state index in [4.69, 9.17) is 22.1 Å². The van der Waals surface area contributed by atoms with Crippen molar-refractivity contribution in [1.29, 1.82) is 0 Å². The van der Waals surface area contributed by atoms with Crippen LogP contribution >= 0.6 is 11.6 Å². The predicted molar refractivity (Wildman–Crippen MR) is 71.5 cm³/mol. The van der Waals surface area contributed by atoms with Crippen LogP contribution in [-0.4, -0.2) is 12.1 Å². The normalized spacial score (nSPS) is 18.6.